The molecular weight excluding hydrogens is 298 g/mol. The van der Waals surface area contributed by atoms with Gasteiger partial charge in [-0.1, -0.05) is 28.1 Å². The number of aryl methyl sites for hydroxylation is 1. The van der Waals surface area contributed by atoms with Gasteiger partial charge < -0.3 is 4.74 Å². The zero-order valence-electron chi connectivity index (χ0n) is 9.87. The molecule has 2 rings (SSSR count). The molecule has 0 bridgehead atoms. The highest BCUT2D eigenvalue weighted by molar-refractivity contribution is 9.10. The minimum atomic E-state index is 0.729. The van der Waals surface area contributed by atoms with E-state index in [1.165, 1.54) is 10.4 Å². The normalized spacial score (nSPS) is 10.8. The lowest BCUT2D eigenvalue weighted by Crippen LogP contribution is -1.93. The highest BCUT2D eigenvalue weighted by Crippen LogP contribution is 2.28. The van der Waals surface area contributed by atoms with Crippen LogP contribution >= 0.6 is 27.3 Å². The van der Waals surface area contributed by atoms with Gasteiger partial charge in [0.2, 0.25) is 0 Å². The first-order valence-electron chi connectivity index (χ1n) is 5.42. The van der Waals surface area contributed by atoms with Gasteiger partial charge in [-0.15, -0.1) is 11.3 Å². The zero-order valence-corrected chi connectivity index (χ0v) is 12.3. The Morgan fingerprint density at radius 1 is 1.29 bits per heavy atom. The van der Waals surface area contributed by atoms with E-state index in [0.717, 1.165) is 28.2 Å². The second kappa shape index (κ2) is 5.76. The summed E-state index contributed by atoms with van der Waals surface area (Å²) in [6, 6.07) is 8.27. The first-order valence-corrected chi connectivity index (χ1v) is 7.03. The van der Waals surface area contributed by atoms with Gasteiger partial charge in [-0.25, -0.2) is 4.98 Å². The highest BCUT2D eigenvalue weighted by atomic mass is 79.9. The van der Waals surface area contributed by atoms with Crippen molar-refractivity contribution in [3.05, 3.63) is 38.6 Å². The van der Waals surface area contributed by atoms with E-state index in [1.54, 1.807) is 18.4 Å². The van der Waals surface area contributed by atoms with Crippen molar-refractivity contribution in [2.45, 2.75) is 13.3 Å². The van der Waals surface area contributed by atoms with E-state index in [9.17, 15) is 0 Å². The number of hydrogen-bond acceptors (Lipinski definition) is 3. The molecule has 0 aliphatic carbocycles. The molecule has 1 heterocycles. The monoisotopic (exact) mass is 311 g/mol. The summed E-state index contributed by atoms with van der Waals surface area (Å²) in [5.41, 5.74) is 2.26. The molecule has 0 spiro atoms. The smallest absolute Gasteiger partial charge is 0.0958 e. The predicted octanol–water partition coefficient (Wildman–Crippen LogP) is 4.07. The van der Waals surface area contributed by atoms with Crippen molar-refractivity contribution < 1.29 is 4.74 Å². The lowest BCUT2D eigenvalue weighted by molar-refractivity contribution is 0.202. The van der Waals surface area contributed by atoms with Crippen LogP contribution in [0.1, 0.15) is 9.88 Å². The highest BCUT2D eigenvalue weighted by Gasteiger charge is 2.09. The average molecular weight is 312 g/mol. The Labute approximate surface area is 114 Å². The summed E-state index contributed by atoms with van der Waals surface area (Å²) < 4.78 is 6.17. The van der Waals surface area contributed by atoms with E-state index in [-0.39, 0.29) is 0 Å². The van der Waals surface area contributed by atoms with Crippen molar-refractivity contribution in [3.63, 3.8) is 0 Å². The molecule has 0 aliphatic rings. The van der Waals surface area contributed by atoms with E-state index in [0.29, 0.717) is 0 Å². The SMILES string of the molecule is COCCc1nc(-c2ccc(Br)cc2)c(C)s1. The van der Waals surface area contributed by atoms with Crippen LogP contribution in [0.5, 0.6) is 0 Å². The molecule has 1 aromatic carbocycles. The number of thiazole rings is 1. The number of rotatable bonds is 4. The van der Waals surface area contributed by atoms with Crippen LogP contribution in [0.15, 0.2) is 28.7 Å². The molecule has 2 aromatic rings. The van der Waals surface area contributed by atoms with Crippen LogP contribution in [-0.4, -0.2) is 18.7 Å². The molecule has 0 saturated carbocycles. The van der Waals surface area contributed by atoms with E-state index in [4.69, 9.17) is 4.74 Å². The predicted molar refractivity (Wildman–Crippen MR) is 75.6 cm³/mol. The van der Waals surface area contributed by atoms with Gasteiger partial charge in [-0.2, -0.15) is 0 Å². The summed E-state index contributed by atoms with van der Waals surface area (Å²) >= 11 is 5.19. The quantitative estimate of drug-likeness (QED) is 0.849. The molecule has 0 fully saturated rings. The minimum absolute atomic E-state index is 0.729. The van der Waals surface area contributed by atoms with E-state index >= 15 is 0 Å². The third-order valence-corrected chi connectivity index (χ3v) is 4.04. The Morgan fingerprint density at radius 2 is 2.00 bits per heavy atom. The van der Waals surface area contributed by atoms with Crippen LogP contribution < -0.4 is 0 Å². The topological polar surface area (TPSA) is 22.1 Å². The second-order valence-corrected chi connectivity index (χ2v) is 5.97. The number of benzene rings is 1. The fraction of sp³-hybridized carbons (Fsp3) is 0.308. The maximum Gasteiger partial charge on any atom is 0.0958 e. The zero-order chi connectivity index (χ0) is 12.3. The Bertz CT molecular complexity index is 493. The first kappa shape index (κ1) is 12.7. The molecule has 0 saturated heterocycles. The van der Waals surface area contributed by atoms with E-state index < -0.39 is 0 Å². The van der Waals surface area contributed by atoms with Crippen molar-refractivity contribution in [1.82, 2.24) is 4.98 Å². The second-order valence-electron chi connectivity index (χ2n) is 3.76. The molecular formula is C13H14BrNOS. The van der Waals surface area contributed by atoms with E-state index in [2.05, 4.69) is 40.0 Å². The van der Waals surface area contributed by atoms with Crippen LogP contribution in [-0.2, 0) is 11.2 Å². The number of ether oxygens (including phenoxy) is 1. The summed E-state index contributed by atoms with van der Waals surface area (Å²) in [7, 11) is 1.72. The molecule has 0 amide bonds. The van der Waals surface area contributed by atoms with Crippen LogP contribution in [0.4, 0.5) is 0 Å². The summed E-state index contributed by atoms with van der Waals surface area (Å²) in [6.45, 7) is 2.85. The number of nitrogens with zero attached hydrogens (tertiary/aromatic N) is 1. The molecule has 4 heteroatoms. The minimum Gasteiger partial charge on any atom is -0.384 e. The summed E-state index contributed by atoms with van der Waals surface area (Å²) in [5.74, 6) is 0. The molecule has 0 unspecified atom stereocenters. The fourth-order valence-electron chi connectivity index (χ4n) is 1.62. The molecule has 0 N–H and O–H groups in total. The molecule has 2 nitrogen and oxygen atoms in total. The fourth-order valence-corrected chi connectivity index (χ4v) is 2.82. The standard InChI is InChI=1S/C13H14BrNOS/c1-9-13(10-3-5-11(14)6-4-10)15-12(17-9)7-8-16-2/h3-6H,7-8H2,1-2H3. The lowest BCUT2D eigenvalue weighted by Gasteiger charge is -1.98. The van der Waals surface area contributed by atoms with Crippen molar-refractivity contribution in [2.24, 2.45) is 0 Å². The number of hydrogen-bond donors (Lipinski definition) is 0. The first-order chi connectivity index (χ1) is 8.20. The van der Waals surface area contributed by atoms with Crippen molar-refractivity contribution in [1.29, 1.82) is 0 Å². The van der Waals surface area contributed by atoms with Gasteiger partial charge in [-0.3, -0.25) is 0 Å². The number of methoxy groups -OCH3 is 1. The molecule has 90 valence electrons. The van der Waals surface area contributed by atoms with Gasteiger partial charge in [0.1, 0.15) is 0 Å². The van der Waals surface area contributed by atoms with Crippen LogP contribution in [0.3, 0.4) is 0 Å². The van der Waals surface area contributed by atoms with Crippen molar-refractivity contribution in [3.8, 4) is 11.3 Å². The van der Waals surface area contributed by atoms with Gasteiger partial charge in [-0.05, 0) is 19.1 Å². The molecule has 1 aromatic heterocycles. The Morgan fingerprint density at radius 3 is 2.65 bits per heavy atom. The Hall–Kier alpha value is -0.710. The third kappa shape index (κ3) is 3.15. The summed E-state index contributed by atoms with van der Waals surface area (Å²) in [6.07, 6.45) is 0.887. The van der Waals surface area contributed by atoms with Crippen molar-refractivity contribution >= 4 is 27.3 Å². The van der Waals surface area contributed by atoms with E-state index in [1.807, 2.05) is 12.1 Å². The largest absolute Gasteiger partial charge is 0.384 e. The summed E-state index contributed by atoms with van der Waals surface area (Å²) in [4.78, 5) is 5.93. The molecule has 0 aliphatic heterocycles. The van der Waals surface area contributed by atoms with Crippen LogP contribution in [0.25, 0.3) is 11.3 Å². The van der Waals surface area contributed by atoms with Gasteiger partial charge in [0.15, 0.2) is 0 Å². The van der Waals surface area contributed by atoms with Crippen molar-refractivity contribution in [2.75, 3.05) is 13.7 Å². The average Bonchev–Trinajstić information content (AvgIpc) is 2.69. The summed E-state index contributed by atoms with van der Waals surface area (Å²) in [5, 5.41) is 1.14. The Balaban J connectivity index is 2.26. The third-order valence-electron chi connectivity index (χ3n) is 2.48. The van der Waals surface area contributed by atoms with Crippen LogP contribution in [0.2, 0.25) is 0 Å². The van der Waals surface area contributed by atoms with Gasteiger partial charge in [0, 0.05) is 28.4 Å². The number of halogens is 1. The molecule has 0 atom stereocenters. The molecule has 17 heavy (non-hydrogen) atoms. The Kier molecular flexibility index (Phi) is 4.31. The van der Waals surface area contributed by atoms with Gasteiger partial charge in [0.25, 0.3) is 0 Å². The van der Waals surface area contributed by atoms with Crippen LogP contribution in [0, 0.1) is 6.92 Å². The lowest BCUT2D eigenvalue weighted by atomic mass is 10.1. The maximum atomic E-state index is 5.08. The molecule has 0 radical (unpaired) electrons. The number of aromatic nitrogens is 1. The van der Waals surface area contributed by atoms with Gasteiger partial charge >= 0.3 is 0 Å². The van der Waals surface area contributed by atoms with Gasteiger partial charge in [0.05, 0.1) is 17.3 Å². The maximum absolute atomic E-state index is 5.08.